The van der Waals surface area contributed by atoms with Crippen LogP contribution in [0, 0.1) is 0 Å². The summed E-state index contributed by atoms with van der Waals surface area (Å²) in [6.45, 7) is 5.96. The smallest absolute Gasteiger partial charge is 0.261 e. The van der Waals surface area contributed by atoms with Crippen LogP contribution in [0.5, 0.6) is 0 Å². The fourth-order valence-corrected chi connectivity index (χ4v) is 3.31. The first kappa shape index (κ1) is 19.7. The molecule has 3 rings (SSSR count). The van der Waals surface area contributed by atoms with Crippen LogP contribution >= 0.6 is 11.6 Å². The normalized spacial score (nSPS) is 19.9. The Hall–Kier alpha value is -2.09. The van der Waals surface area contributed by atoms with Crippen LogP contribution in [-0.2, 0) is 9.47 Å². The van der Waals surface area contributed by atoms with Crippen molar-refractivity contribution < 1.29 is 18.8 Å². The van der Waals surface area contributed by atoms with Gasteiger partial charge in [-0.2, -0.15) is 0 Å². The first-order chi connectivity index (χ1) is 13.0. The number of anilines is 1. The van der Waals surface area contributed by atoms with Crippen molar-refractivity contribution in [2.24, 2.45) is 0 Å². The average Bonchev–Trinajstić information content (AvgIpc) is 3.05. The molecular weight excluding hydrogens is 370 g/mol. The Bertz CT molecular complexity index is 768. The second kappa shape index (κ2) is 8.73. The van der Waals surface area contributed by atoms with Crippen LogP contribution in [0.4, 0.5) is 5.82 Å². The van der Waals surface area contributed by atoms with E-state index in [0.717, 1.165) is 5.56 Å². The molecule has 7 nitrogen and oxygen atoms in total. The zero-order chi connectivity index (χ0) is 19.4. The summed E-state index contributed by atoms with van der Waals surface area (Å²) in [5, 5.41) is 7.82. The number of carbonyl (C=O) groups is 1. The minimum Gasteiger partial charge on any atom is -0.383 e. The van der Waals surface area contributed by atoms with Crippen LogP contribution in [0.3, 0.4) is 0 Å². The van der Waals surface area contributed by atoms with Crippen molar-refractivity contribution >= 4 is 23.3 Å². The van der Waals surface area contributed by atoms with Crippen LogP contribution in [0.1, 0.15) is 24.2 Å². The first-order valence-electron chi connectivity index (χ1n) is 8.92. The summed E-state index contributed by atoms with van der Waals surface area (Å²) < 4.78 is 16.4. The van der Waals surface area contributed by atoms with Crippen LogP contribution in [0.2, 0.25) is 5.02 Å². The summed E-state index contributed by atoms with van der Waals surface area (Å²) in [6.07, 6.45) is -0.0529. The van der Waals surface area contributed by atoms with E-state index in [1.807, 2.05) is 26.0 Å². The Morgan fingerprint density at radius 1 is 1.30 bits per heavy atom. The predicted octanol–water partition coefficient (Wildman–Crippen LogP) is 3.30. The molecule has 2 unspecified atom stereocenters. The second-order valence-corrected chi connectivity index (χ2v) is 7.07. The quantitative estimate of drug-likeness (QED) is 0.759. The number of hydrogen-bond acceptors (Lipinski definition) is 6. The highest BCUT2D eigenvalue weighted by Gasteiger charge is 2.32. The lowest BCUT2D eigenvalue weighted by atomic mass is 10.1. The molecule has 146 valence electrons. The second-order valence-electron chi connectivity index (χ2n) is 6.63. The Morgan fingerprint density at radius 2 is 1.96 bits per heavy atom. The van der Waals surface area contributed by atoms with Crippen molar-refractivity contribution in [3.8, 4) is 11.3 Å². The lowest BCUT2D eigenvalue weighted by Crippen LogP contribution is -2.48. The number of ether oxygens (including phenoxy) is 2. The van der Waals surface area contributed by atoms with Crippen molar-refractivity contribution in [3.05, 3.63) is 34.9 Å². The van der Waals surface area contributed by atoms with Gasteiger partial charge < -0.3 is 24.2 Å². The van der Waals surface area contributed by atoms with Gasteiger partial charge in [-0.15, -0.1) is 0 Å². The Morgan fingerprint density at radius 3 is 2.59 bits per heavy atom. The van der Waals surface area contributed by atoms with Crippen molar-refractivity contribution in [2.45, 2.75) is 26.1 Å². The molecule has 8 heteroatoms. The summed E-state index contributed by atoms with van der Waals surface area (Å²) >= 11 is 5.98. The van der Waals surface area contributed by atoms with Gasteiger partial charge in [0.25, 0.3) is 5.91 Å². The Labute approximate surface area is 163 Å². The topological polar surface area (TPSA) is 76.8 Å². The molecule has 0 saturated carbocycles. The number of nitrogens with zero attached hydrogens (tertiary/aromatic N) is 2. The molecule has 2 aromatic rings. The van der Waals surface area contributed by atoms with Crippen LogP contribution in [0.25, 0.3) is 11.3 Å². The van der Waals surface area contributed by atoms with Gasteiger partial charge in [-0.25, -0.2) is 0 Å². The first-order valence-corrected chi connectivity index (χ1v) is 9.30. The van der Waals surface area contributed by atoms with Crippen LogP contribution < -0.4 is 5.32 Å². The van der Waals surface area contributed by atoms with Gasteiger partial charge in [-0.3, -0.25) is 4.79 Å². The van der Waals surface area contributed by atoms with E-state index in [-0.39, 0.29) is 18.1 Å². The van der Waals surface area contributed by atoms with E-state index in [1.54, 1.807) is 24.1 Å². The van der Waals surface area contributed by atoms with E-state index in [9.17, 15) is 4.79 Å². The van der Waals surface area contributed by atoms with Gasteiger partial charge in [-0.05, 0) is 38.1 Å². The summed E-state index contributed by atoms with van der Waals surface area (Å²) in [6, 6.07) is 7.13. The van der Waals surface area contributed by atoms with Crippen molar-refractivity contribution in [1.82, 2.24) is 10.1 Å². The molecule has 1 aromatic carbocycles. The molecule has 1 aromatic heterocycles. The van der Waals surface area contributed by atoms with Crippen LogP contribution in [-0.4, -0.2) is 61.5 Å². The van der Waals surface area contributed by atoms with Crippen molar-refractivity contribution in [3.63, 3.8) is 0 Å². The van der Waals surface area contributed by atoms with Gasteiger partial charge in [0.2, 0.25) is 0 Å². The SMILES string of the molecule is COCCNc1noc(-c2ccc(Cl)cc2)c1C(=O)N1CC(C)OC(C)C1. The van der Waals surface area contributed by atoms with Crippen LogP contribution in [0.15, 0.2) is 28.8 Å². The molecule has 2 atom stereocenters. The summed E-state index contributed by atoms with van der Waals surface area (Å²) in [5.74, 6) is 0.695. The number of aromatic nitrogens is 1. The monoisotopic (exact) mass is 393 g/mol. The van der Waals surface area contributed by atoms with Gasteiger partial charge >= 0.3 is 0 Å². The van der Waals surface area contributed by atoms with Gasteiger partial charge in [-0.1, -0.05) is 16.8 Å². The number of halogens is 1. The molecule has 0 aliphatic carbocycles. The Balaban J connectivity index is 1.95. The number of amides is 1. The molecule has 1 aliphatic heterocycles. The number of morpholine rings is 1. The third kappa shape index (κ3) is 4.61. The lowest BCUT2D eigenvalue weighted by Gasteiger charge is -2.35. The molecule has 0 spiro atoms. The number of hydrogen-bond donors (Lipinski definition) is 1. The summed E-state index contributed by atoms with van der Waals surface area (Å²) in [7, 11) is 1.62. The standard InChI is InChI=1S/C19H24ClN3O4/c1-12-10-23(11-13(2)26-12)19(24)16-17(14-4-6-15(20)7-5-14)27-22-18(16)21-8-9-25-3/h4-7,12-13H,8-11H2,1-3H3,(H,21,22). The molecule has 1 N–H and O–H groups in total. The third-order valence-corrected chi connectivity index (χ3v) is 4.57. The summed E-state index contributed by atoms with van der Waals surface area (Å²) in [5.41, 5.74) is 1.15. The van der Waals surface area contributed by atoms with Gasteiger partial charge in [0, 0.05) is 37.3 Å². The average molecular weight is 394 g/mol. The van der Waals surface area contributed by atoms with Gasteiger partial charge in [0.05, 0.1) is 18.8 Å². The predicted molar refractivity (Wildman–Crippen MR) is 103 cm³/mol. The lowest BCUT2D eigenvalue weighted by molar-refractivity contribution is -0.0585. The molecule has 1 saturated heterocycles. The van der Waals surface area contributed by atoms with Crippen molar-refractivity contribution in [2.75, 3.05) is 38.7 Å². The molecule has 2 heterocycles. The molecule has 1 amide bonds. The fourth-order valence-electron chi connectivity index (χ4n) is 3.18. The maximum Gasteiger partial charge on any atom is 0.261 e. The number of methoxy groups -OCH3 is 1. The number of rotatable bonds is 6. The molecule has 27 heavy (non-hydrogen) atoms. The van der Waals surface area contributed by atoms with E-state index in [1.165, 1.54) is 0 Å². The third-order valence-electron chi connectivity index (χ3n) is 4.32. The fraction of sp³-hybridized carbons (Fsp3) is 0.474. The largest absolute Gasteiger partial charge is 0.383 e. The number of benzene rings is 1. The van der Waals surface area contributed by atoms with E-state index in [4.69, 9.17) is 25.6 Å². The van der Waals surface area contributed by atoms with E-state index in [0.29, 0.717) is 48.4 Å². The molecule has 1 aliphatic rings. The minimum absolute atomic E-state index is 0.0264. The molecule has 0 bridgehead atoms. The number of carbonyl (C=O) groups excluding carboxylic acids is 1. The zero-order valence-electron chi connectivity index (χ0n) is 15.7. The summed E-state index contributed by atoms with van der Waals surface area (Å²) in [4.78, 5) is 15.1. The van der Waals surface area contributed by atoms with Gasteiger partial charge in [0.1, 0.15) is 5.56 Å². The highest BCUT2D eigenvalue weighted by atomic mass is 35.5. The van der Waals surface area contributed by atoms with Gasteiger partial charge in [0.15, 0.2) is 11.6 Å². The maximum absolute atomic E-state index is 13.3. The molecule has 0 radical (unpaired) electrons. The maximum atomic E-state index is 13.3. The highest BCUT2D eigenvalue weighted by molar-refractivity contribution is 6.30. The van der Waals surface area contributed by atoms with E-state index < -0.39 is 0 Å². The van der Waals surface area contributed by atoms with Crippen molar-refractivity contribution in [1.29, 1.82) is 0 Å². The highest BCUT2D eigenvalue weighted by Crippen LogP contribution is 2.32. The Kier molecular flexibility index (Phi) is 6.36. The molecular formula is C19H24ClN3O4. The van der Waals surface area contributed by atoms with E-state index in [2.05, 4.69) is 10.5 Å². The minimum atomic E-state index is -0.136. The molecule has 1 fully saturated rings. The number of nitrogens with one attached hydrogen (secondary N) is 1. The van der Waals surface area contributed by atoms with E-state index >= 15 is 0 Å². The zero-order valence-corrected chi connectivity index (χ0v) is 16.5.